The molecule has 166 valence electrons. The summed E-state index contributed by atoms with van der Waals surface area (Å²) in [6, 6.07) is 9.16. The average molecular weight is 518 g/mol. The fourth-order valence-corrected chi connectivity index (χ4v) is 3.32. The molecule has 0 saturated carbocycles. The number of hydrogen-bond donors (Lipinski definition) is 2. The van der Waals surface area contributed by atoms with Crippen molar-refractivity contribution < 1.29 is 4.74 Å². The van der Waals surface area contributed by atoms with Crippen LogP contribution < -0.4 is 10.6 Å². The van der Waals surface area contributed by atoms with Crippen molar-refractivity contribution in [3.8, 4) is 0 Å². The number of nitrogens with zero attached hydrogens (tertiary/aromatic N) is 3. The molecule has 1 aliphatic heterocycles. The highest BCUT2D eigenvalue weighted by Crippen LogP contribution is 2.15. The van der Waals surface area contributed by atoms with Crippen molar-refractivity contribution in [2.45, 2.75) is 52.4 Å². The zero-order valence-corrected chi connectivity index (χ0v) is 21.3. The van der Waals surface area contributed by atoms with Crippen molar-refractivity contribution in [1.29, 1.82) is 0 Å². The number of aliphatic imine (C=N–C) groups is 1. The molecule has 29 heavy (non-hydrogen) atoms. The van der Waals surface area contributed by atoms with Crippen LogP contribution in [-0.2, 0) is 17.8 Å². The molecule has 0 aliphatic carbocycles. The molecule has 1 aromatic carbocycles. The first-order chi connectivity index (χ1) is 13.3. The van der Waals surface area contributed by atoms with E-state index in [0.717, 1.165) is 51.9 Å². The maximum atomic E-state index is 5.48. The molecule has 0 unspecified atom stereocenters. The molecule has 1 heterocycles. The van der Waals surface area contributed by atoms with E-state index in [2.05, 4.69) is 84.4 Å². The number of benzene rings is 1. The van der Waals surface area contributed by atoms with E-state index < -0.39 is 0 Å². The van der Waals surface area contributed by atoms with Crippen LogP contribution in [0.2, 0.25) is 0 Å². The van der Waals surface area contributed by atoms with E-state index in [4.69, 9.17) is 4.74 Å². The van der Waals surface area contributed by atoms with Crippen LogP contribution in [0.3, 0.4) is 0 Å². The van der Waals surface area contributed by atoms with Gasteiger partial charge in [-0.05, 0) is 45.9 Å². The van der Waals surface area contributed by atoms with Crippen LogP contribution in [-0.4, -0.2) is 74.3 Å². The summed E-state index contributed by atoms with van der Waals surface area (Å²) in [7, 11) is 4.00. The Morgan fingerprint density at radius 3 is 2.38 bits per heavy atom. The maximum Gasteiger partial charge on any atom is 0.191 e. The third-order valence-electron chi connectivity index (χ3n) is 5.65. The Morgan fingerprint density at radius 1 is 1.17 bits per heavy atom. The van der Waals surface area contributed by atoms with E-state index in [1.165, 1.54) is 11.1 Å². The summed E-state index contributed by atoms with van der Waals surface area (Å²) in [6.45, 7) is 15.2. The fraction of sp³-hybridized carbons (Fsp3) is 0.682. The minimum absolute atomic E-state index is 0. The van der Waals surface area contributed by atoms with Gasteiger partial charge in [0.05, 0.1) is 13.2 Å². The lowest BCUT2D eigenvalue weighted by Gasteiger charge is -2.41. The summed E-state index contributed by atoms with van der Waals surface area (Å²) >= 11 is 0. The van der Waals surface area contributed by atoms with Gasteiger partial charge in [0.15, 0.2) is 5.96 Å². The van der Waals surface area contributed by atoms with Gasteiger partial charge in [0.25, 0.3) is 0 Å². The minimum atomic E-state index is 0. The third kappa shape index (κ3) is 8.39. The lowest BCUT2D eigenvalue weighted by atomic mass is 10.0. The first kappa shape index (κ1) is 26.1. The summed E-state index contributed by atoms with van der Waals surface area (Å²) in [5.74, 6) is 0.841. The first-order valence-corrected chi connectivity index (χ1v) is 10.4. The molecule has 0 aromatic heterocycles. The molecule has 7 heteroatoms. The molecule has 1 aromatic rings. The van der Waals surface area contributed by atoms with Crippen molar-refractivity contribution in [3.05, 3.63) is 35.4 Å². The average Bonchev–Trinajstić information content (AvgIpc) is 2.69. The zero-order valence-electron chi connectivity index (χ0n) is 19.0. The van der Waals surface area contributed by atoms with Crippen molar-refractivity contribution in [3.63, 3.8) is 0 Å². The number of morpholine rings is 1. The second-order valence-electron chi connectivity index (χ2n) is 8.47. The van der Waals surface area contributed by atoms with Crippen LogP contribution in [0.5, 0.6) is 0 Å². The molecule has 6 nitrogen and oxygen atoms in total. The molecule has 2 rings (SSSR count). The van der Waals surface area contributed by atoms with Gasteiger partial charge in [-0.15, -0.1) is 24.0 Å². The largest absolute Gasteiger partial charge is 0.379 e. The first-order valence-electron chi connectivity index (χ1n) is 10.4. The Labute approximate surface area is 194 Å². The van der Waals surface area contributed by atoms with Crippen LogP contribution in [0.4, 0.5) is 0 Å². The highest BCUT2D eigenvalue weighted by molar-refractivity contribution is 14.0. The molecule has 1 saturated heterocycles. The monoisotopic (exact) mass is 517 g/mol. The molecule has 1 fully saturated rings. The Kier molecular flexibility index (Phi) is 11.5. The predicted molar refractivity (Wildman–Crippen MR) is 133 cm³/mol. The standard InChI is InChI=1S/C22H39N5O.HI/c1-18(2)26(6)16-20-10-8-7-9-19(20)15-24-21(23-5)25-17-22(3,4)27-11-13-28-14-12-27;/h7-10,18H,11-17H2,1-6H3,(H2,23,24,25);1H. The lowest BCUT2D eigenvalue weighted by Crippen LogP contribution is -2.56. The van der Waals surface area contributed by atoms with E-state index in [1.54, 1.807) is 0 Å². The van der Waals surface area contributed by atoms with Crippen molar-refractivity contribution in [1.82, 2.24) is 20.4 Å². The molecule has 0 bridgehead atoms. The van der Waals surface area contributed by atoms with Gasteiger partial charge in [-0.25, -0.2) is 0 Å². The van der Waals surface area contributed by atoms with Crippen LogP contribution >= 0.6 is 24.0 Å². The molecule has 2 N–H and O–H groups in total. The summed E-state index contributed by atoms with van der Waals surface area (Å²) < 4.78 is 5.48. The number of nitrogens with one attached hydrogen (secondary N) is 2. The van der Waals surface area contributed by atoms with Crippen LogP contribution in [0.1, 0.15) is 38.8 Å². The lowest BCUT2D eigenvalue weighted by molar-refractivity contribution is -0.00834. The van der Waals surface area contributed by atoms with E-state index in [9.17, 15) is 0 Å². The molecule has 0 spiro atoms. The highest BCUT2D eigenvalue weighted by atomic mass is 127. The molecule has 0 radical (unpaired) electrons. The normalized spacial score (nSPS) is 16.1. The topological polar surface area (TPSA) is 52.1 Å². The molecular weight excluding hydrogens is 477 g/mol. The highest BCUT2D eigenvalue weighted by Gasteiger charge is 2.28. The summed E-state index contributed by atoms with van der Waals surface area (Å²) in [4.78, 5) is 9.25. The molecular formula is C22H40IN5O. The Morgan fingerprint density at radius 2 is 1.79 bits per heavy atom. The molecule has 0 atom stereocenters. The predicted octanol–water partition coefficient (Wildman–Crippen LogP) is 2.92. The fourth-order valence-electron chi connectivity index (χ4n) is 3.32. The Bertz CT molecular complexity index is 629. The molecule has 1 aliphatic rings. The summed E-state index contributed by atoms with van der Waals surface area (Å²) in [6.07, 6.45) is 0. The SMILES string of the molecule is CN=C(NCc1ccccc1CN(C)C(C)C)NCC(C)(C)N1CCOCC1.I. The quantitative estimate of drug-likeness (QED) is 0.316. The van der Waals surface area contributed by atoms with Crippen LogP contribution in [0.15, 0.2) is 29.3 Å². The second kappa shape index (κ2) is 12.7. The van der Waals surface area contributed by atoms with E-state index in [1.807, 2.05) is 7.05 Å². The van der Waals surface area contributed by atoms with Crippen LogP contribution in [0, 0.1) is 0 Å². The number of ether oxygens (including phenoxy) is 1. The van der Waals surface area contributed by atoms with E-state index in [-0.39, 0.29) is 29.5 Å². The smallest absolute Gasteiger partial charge is 0.191 e. The van der Waals surface area contributed by atoms with Crippen molar-refractivity contribution in [2.24, 2.45) is 4.99 Å². The van der Waals surface area contributed by atoms with Gasteiger partial charge >= 0.3 is 0 Å². The number of guanidine groups is 1. The van der Waals surface area contributed by atoms with E-state index in [0.29, 0.717) is 6.04 Å². The number of rotatable bonds is 8. The van der Waals surface area contributed by atoms with Crippen LogP contribution in [0.25, 0.3) is 0 Å². The van der Waals surface area contributed by atoms with Crippen molar-refractivity contribution in [2.75, 3.05) is 46.9 Å². The summed E-state index contributed by atoms with van der Waals surface area (Å²) in [5, 5.41) is 6.98. The Hall–Kier alpha value is -0.900. The van der Waals surface area contributed by atoms with Gasteiger partial charge in [0, 0.05) is 51.4 Å². The third-order valence-corrected chi connectivity index (χ3v) is 5.65. The van der Waals surface area contributed by atoms with Gasteiger partial charge in [-0.1, -0.05) is 24.3 Å². The number of hydrogen-bond acceptors (Lipinski definition) is 4. The number of halogens is 1. The van der Waals surface area contributed by atoms with E-state index >= 15 is 0 Å². The van der Waals surface area contributed by atoms with Gasteiger partial charge in [0.1, 0.15) is 0 Å². The van der Waals surface area contributed by atoms with Gasteiger partial charge < -0.3 is 15.4 Å². The Balaban J connectivity index is 0.00000420. The minimum Gasteiger partial charge on any atom is -0.379 e. The van der Waals surface area contributed by atoms with Crippen molar-refractivity contribution >= 4 is 29.9 Å². The molecule has 0 amide bonds. The zero-order chi connectivity index (χ0) is 20.6. The second-order valence-corrected chi connectivity index (χ2v) is 8.47. The van der Waals surface area contributed by atoms with Gasteiger partial charge in [-0.3, -0.25) is 14.8 Å². The van der Waals surface area contributed by atoms with Gasteiger partial charge in [-0.2, -0.15) is 0 Å². The summed E-state index contributed by atoms with van der Waals surface area (Å²) in [5.41, 5.74) is 2.72. The van der Waals surface area contributed by atoms with Gasteiger partial charge in [0.2, 0.25) is 0 Å². The maximum absolute atomic E-state index is 5.48.